The number of aliphatic carboxylic acids is 1. The zero-order chi connectivity index (χ0) is 16.4. The average Bonchev–Trinajstić information content (AvgIpc) is 2.45. The number of carboxylic acid groups (broad SMARTS) is 1. The third-order valence-electron chi connectivity index (χ3n) is 3.18. The number of amides is 1. The third-order valence-corrected chi connectivity index (χ3v) is 3.18. The van der Waals surface area contributed by atoms with Crippen molar-refractivity contribution in [2.75, 3.05) is 6.61 Å². The van der Waals surface area contributed by atoms with E-state index in [9.17, 15) is 9.59 Å². The Morgan fingerprint density at radius 1 is 1.18 bits per heavy atom. The predicted octanol–water partition coefficient (Wildman–Crippen LogP) is 2.39. The minimum absolute atomic E-state index is 0.0419. The topological polar surface area (TPSA) is 75.6 Å². The van der Waals surface area contributed by atoms with E-state index < -0.39 is 5.97 Å². The molecule has 1 unspecified atom stereocenters. The fourth-order valence-electron chi connectivity index (χ4n) is 2.11. The van der Waals surface area contributed by atoms with Crippen LogP contribution in [0.25, 0.3) is 0 Å². The Bertz CT molecular complexity index is 459. The van der Waals surface area contributed by atoms with Gasteiger partial charge in [0.1, 0.15) is 0 Å². The van der Waals surface area contributed by atoms with E-state index in [4.69, 9.17) is 9.84 Å². The van der Waals surface area contributed by atoms with Crippen LogP contribution in [0.1, 0.15) is 38.7 Å². The van der Waals surface area contributed by atoms with Gasteiger partial charge in [0.2, 0.25) is 5.91 Å². The zero-order valence-electron chi connectivity index (χ0n) is 13.2. The molecule has 1 atom stereocenters. The standard InChI is InChI=1S/C17H25NO4/c1-13(2)22-11-10-16(19)18-15(8-9-17(20)21)12-14-6-4-3-5-7-14/h3-7,13,15H,8-12H2,1-2H3,(H,18,19)(H,20,21). The maximum Gasteiger partial charge on any atom is 0.303 e. The van der Waals surface area contributed by atoms with Gasteiger partial charge < -0.3 is 15.2 Å². The van der Waals surface area contributed by atoms with Crippen LogP contribution in [0, 0.1) is 0 Å². The van der Waals surface area contributed by atoms with Crippen molar-refractivity contribution in [2.45, 2.75) is 51.7 Å². The number of carbonyl (C=O) groups is 2. The fraction of sp³-hybridized carbons (Fsp3) is 0.529. The van der Waals surface area contributed by atoms with E-state index in [1.54, 1.807) is 0 Å². The van der Waals surface area contributed by atoms with E-state index in [-0.39, 0.29) is 30.9 Å². The third kappa shape index (κ3) is 8.42. The summed E-state index contributed by atoms with van der Waals surface area (Å²) < 4.78 is 5.36. The van der Waals surface area contributed by atoms with Crippen LogP contribution >= 0.6 is 0 Å². The molecule has 0 bridgehead atoms. The Morgan fingerprint density at radius 3 is 2.45 bits per heavy atom. The first-order valence-corrected chi connectivity index (χ1v) is 7.64. The fourth-order valence-corrected chi connectivity index (χ4v) is 2.11. The largest absolute Gasteiger partial charge is 0.481 e. The minimum atomic E-state index is -0.851. The number of nitrogens with one attached hydrogen (secondary N) is 1. The van der Waals surface area contributed by atoms with Crippen LogP contribution in [0.5, 0.6) is 0 Å². The molecular weight excluding hydrogens is 282 g/mol. The van der Waals surface area contributed by atoms with Crippen molar-refractivity contribution >= 4 is 11.9 Å². The number of rotatable bonds is 10. The molecule has 5 nitrogen and oxygen atoms in total. The van der Waals surface area contributed by atoms with Gasteiger partial charge in [-0.2, -0.15) is 0 Å². The van der Waals surface area contributed by atoms with E-state index in [1.165, 1.54) is 0 Å². The summed E-state index contributed by atoms with van der Waals surface area (Å²) in [5, 5.41) is 11.7. The van der Waals surface area contributed by atoms with Crippen molar-refractivity contribution in [1.29, 1.82) is 0 Å². The summed E-state index contributed by atoms with van der Waals surface area (Å²) in [4.78, 5) is 22.7. The van der Waals surface area contributed by atoms with E-state index in [0.29, 0.717) is 19.4 Å². The lowest BCUT2D eigenvalue weighted by Crippen LogP contribution is -2.37. The lowest BCUT2D eigenvalue weighted by Gasteiger charge is -2.18. The van der Waals surface area contributed by atoms with Crippen LogP contribution in [-0.2, 0) is 20.7 Å². The number of hydrogen-bond acceptors (Lipinski definition) is 3. The number of hydrogen-bond donors (Lipinski definition) is 2. The van der Waals surface area contributed by atoms with Gasteiger partial charge in [-0.1, -0.05) is 30.3 Å². The summed E-state index contributed by atoms with van der Waals surface area (Å²) in [7, 11) is 0. The average molecular weight is 307 g/mol. The molecule has 1 aromatic carbocycles. The van der Waals surface area contributed by atoms with Crippen molar-refractivity contribution in [2.24, 2.45) is 0 Å². The van der Waals surface area contributed by atoms with Gasteiger partial charge in [0.15, 0.2) is 0 Å². The van der Waals surface area contributed by atoms with Gasteiger partial charge in [-0.05, 0) is 32.3 Å². The normalized spacial score (nSPS) is 12.1. The molecule has 1 aromatic rings. The van der Waals surface area contributed by atoms with Gasteiger partial charge in [0, 0.05) is 18.9 Å². The summed E-state index contributed by atoms with van der Waals surface area (Å²) in [5.74, 6) is -0.956. The van der Waals surface area contributed by atoms with E-state index >= 15 is 0 Å². The van der Waals surface area contributed by atoms with E-state index in [2.05, 4.69) is 5.32 Å². The Kier molecular flexibility index (Phi) is 8.22. The first kappa shape index (κ1) is 18.2. The van der Waals surface area contributed by atoms with Crippen LogP contribution in [0.15, 0.2) is 30.3 Å². The van der Waals surface area contributed by atoms with Crippen LogP contribution in [0.3, 0.4) is 0 Å². The number of carboxylic acids is 1. The highest BCUT2D eigenvalue weighted by Crippen LogP contribution is 2.08. The first-order valence-electron chi connectivity index (χ1n) is 7.64. The SMILES string of the molecule is CC(C)OCCC(=O)NC(CCC(=O)O)Cc1ccccc1. The summed E-state index contributed by atoms with van der Waals surface area (Å²) in [5.41, 5.74) is 1.08. The molecular formula is C17H25NO4. The van der Waals surface area contributed by atoms with Crippen molar-refractivity contribution in [1.82, 2.24) is 5.32 Å². The van der Waals surface area contributed by atoms with Gasteiger partial charge >= 0.3 is 5.97 Å². The summed E-state index contributed by atoms with van der Waals surface area (Å²) in [6.07, 6.45) is 1.47. The van der Waals surface area contributed by atoms with Crippen LogP contribution in [0.4, 0.5) is 0 Å². The molecule has 0 aliphatic heterocycles. The highest BCUT2D eigenvalue weighted by Gasteiger charge is 2.14. The molecule has 2 N–H and O–H groups in total. The van der Waals surface area contributed by atoms with Gasteiger partial charge in [-0.15, -0.1) is 0 Å². The van der Waals surface area contributed by atoms with Crippen LogP contribution in [0.2, 0.25) is 0 Å². The van der Waals surface area contributed by atoms with Crippen molar-refractivity contribution < 1.29 is 19.4 Å². The molecule has 122 valence electrons. The van der Waals surface area contributed by atoms with Gasteiger partial charge in [0.05, 0.1) is 12.7 Å². The lowest BCUT2D eigenvalue weighted by molar-refractivity contribution is -0.137. The minimum Gasteiger partial charge on any atom is -0.481 e. The van der Waals surface area contributed by atoms with Crippen molar-refractivity contribution in [3.8, 4) is 0 Å². The monoisotopic (exact) mass is 307 g/mol. The maximum absolute atomic E-state index is 11.9. The summed E-state index contributed by atoms with van der Waals surface area (Å²) >= 11 is 0. The molecule has 1 amide bonds. The summed E-state index contributed by atoms with van der Waals surface area (Å²) in [6, 6.07) is 9.57. The second-order valence-electron chi connectivity index (χ2n) is 5.56. The van der Waals surface area contributed by atoms with Gasteiger partial charge in [-0.25, -0.2) is 0 Å². The Morgan fingerprint density at radius 2 is 1.86 bits per heavy atom. The molecule has 0 aliphatic carbocycles. The smallest absolute Gasteiger partial charge is 0.303 e. The first-order chi connectivity index (χ1) is 10.5. The van der Waals surface area contributed by atoms with E-state index in [0.717, 1.165) is 5.56 Å². The molecule has 22 heavy (non-hydrogen) atoms. The summed E-state index contributed by atoms with van der Waals surface area (Å²) in [6.45, 7) is 4.21. The maximum atomic E-state index is 11.9. The van der Waals surface area contributed by atoms with Crippen molar-refractivity contribution in [3.63, 3.8) is 0 Å². The second kappa shape index (κ2) is 9.95. The number of ether oxygens (including phenoxy) is 1. The molecule has 0 aromatic heterocycles. The molecule has 0 aliphatic rings. The molecule has 0 fully saturated rings. The highest BCUT2D eigenvalue weighted by molar-refractivity contribution is 5.76. The number of carbonyl (C=O) groups excluding carboxylic acids is 1. The van der Waals surface area contributed by atoms with Gasteiger partial charge in [0.25, 0.3) is 0 Å². The molecule has 0 saturated carbocycles. The molecule has 0 saturated heterocycles. The second-order valence-corrected chi connectivity index (χ2v) is 5.56. The molecule has 5 heteroatoms. The van der Waals surface area contributed by atoms with Crippen molar-refractivity contribution in [3.05, 3.63) is 35.9 Å². The Balaban J connectivity index is 2.50. The zero-order valence-corrected chi connectivity index (χ0v) is 13.2. The van der Waals surface area contributed by atoms with Gasteiger partial charge in [-0.3, -0.25) is 9.59 Å². The predicted molar refractivity (Wildman–Crippen MR) is 84.7 cm³/mol. The molecule has 0 radical (unpaired) electrons. The Hall–Kier alpha value is -1.88. The number of benzene rings is 1. The molecule has 0 spiro atoms. The molecule has 0 heterocycles. The highest BCUT2D eigenvalue weighted by atomic mass is 16.5. The lowest BCUT2D eigenvalue weighted by atomic mass is 10.0. The van der Waals surface area contributed by atoms with Crippen LogP contribution in [-0.4, -0.2) is 35.7 Å². The Labute approximate surface area is 131 Å². The van der Waals surface area contributed by atoms with Crippen LogP contribution < -0.4 is 5.32 Å². The van der Waals surface area contributed by atoms with E-state index in [1.807, 2.05) is 44.2 Å². The quantitative estimate of drug-likeness (QED) is 0.696. The molecule has 1 rings (SSSR count).